The molecule has 0 radical (unpaired) electrons. The molecule has 0 aromatic heterocycles. The fraction of sp³-hybridized carbons (Fsp3) is 1.00. The van der Waals surface area contributed by atoms with E-state index in [9.17, 15) is 0 Å². The van der Waals surface area contributed by atoms with Crippen LogP contribution in [0.1, 0.15) is 27.2 Å². The zero-order valence-corrected chi connectivity index (χ0v) is 8.64. The van der Waals surface area contributed by atoms with Gasteiger partial charge >= 0.3 is 0 Å². The monoisotopic (exact) mass is 170 g/mol. The van der Waals surface area contributed by atoms with Crippen LogP contribution in [0.15, 0.2) is 0 Å². The molecule has 0 bridgehead atoms. The molecule has 1 aliphatic rings. The minimum Gasteiger partial charge on any atom is -0.314 e. The van der Waals surface area contributed by atoms with Crippen molar-refractivity contribution in [3.8, 4) is 0 Å². The Morgan fingerprint density at radius 3 is 2.83 bits per heavy atom. The van der Waals surface area contributed by atoms with Crippen LogP contribution in [-0.2, 0) is 0 Å². The summed E-state index contributed by atoms with van der Waals surface area (Å²) < 4.78 is 0. The first-order valence-electron chi connectivity index (χ1n) is 5.18. The van der Waals surface area contributed by atoms with Crippen LogP contribution < -0.4 is 5.32 Å². The number of hydrogen-bond donors (Lipinski definition) is 1. The van der Waals surface area contributed by atoms with Gasteiger partial charge in [-0.3, -0.25) is 0 Å². The summed E-state index contributed by atoms with van der Waals surface area (Å²) in [7, 11) is 0. The number of rotatable bonds is 1. The van der Waals surface area contributed by atoms with Gasteiger partial charge in [0.2, 0.25) is 0 Å². The van der Waals surface area contributed by atoms with E-state index >= 15 is 0 Å². The fourth-order valence-corrected chi connectivity index (χ4v) is 1.76. The van der Waals surface area contributed by atoms with Crippen molar-refractivity contribution in [1.82, 2.24) is 10.2 Å². The van der Waals surface area contributed by atoms with Crippen LogP contribution in [0.3, 0.4) is 0 Å². The van der Waals surface area contributed by atoms with Gasteiger partial charge < -0.3 is 10.2 Å². The molecular weight excluding hydrogens is 148 g/mol. The van der Waals surface area contributed by atoms with Crippen molar-refractivity contribution in [3.63, 3.8) is 0 Å². The first-order valence-corrected chi connectivity index (χ1v) is 5.18. The summed E-state index contributed by atoms with van der Waals surface area (Å²) >= 11 is 0. The summed E-state index contributed by atoms with van der Waals surface area (Å²) in [5.74, 6) is 0.799. The molecule has 0 aliphatic carbocycles. The van der Waals surface area contributed by atoms with E-state index in [2.05, 4.69) is 31.0 Å². The van der Waals surface area contributed by atoms with E-state index in [1.165, 1.54) is 32.6 Å². The lowest BCUT2D eigenvalue weighted by atomic mass is 10.1. The maximum atomic E-state index is 3.55. The molecule has 0 spiro atoms. The van der Waals surface area contributed by atoms with Gasteiger partial charge in [0.25, 0.3) is 0 Å². The second kappa shape index (κ2) is 4.83. The summed E-state index contributed by atoms with van der Waals surface area (Å²) in [6.45, 7) is 11.8. The Balaban J connectivity index is 2.37. The SMILES string of the molecule is CCN1CCC(C)NCC(C)C1. The van der Waals surface area contributed by atoms with Gasteiger partial charge in [0.15, 0.2) is 0 Å². The molecule has 2 unspecified atom stereocenters. The molecule has 1 rings (SSSR count). The topological polar surface area (TPSA) is 15.3 Å². The lowest BCUT2D eigenvalue weighted by Gasteiger charge is -2.30. The van der Waals surface area contributed by atoms with Gasteiger partial charge in [-0.05, 0) is 38.9 Å². The van der Waals surface area contributed by atoms with Gasteiger partial charge in [0.05, 0.1) is 0 Å². The largest absolute Gasteiger partial charge is 0.314 e. The van der Waals surface area contributed by atoms with E-state index in [-0.39, 0.29) is 0 Å². The highest BCUT2D eigenvalue weighted by Crippen LogP contribution is 2.05. The van der Waals surface area contributed by atoms with Gasteiger partial charge in [0.1, 0.15) is 0 Å². The van der Waals surface area contributed by atoms with Crippen LogP contribution in [0.4, 0.5) is 0 Å². The Morgan fingerprint density at radius 2 is 2.17 bits per heavy atom. The molecule has 1 heterocycles. The molecule has 2 heteroatoms. The molecule has 2 atom stereocenters. The lowest BCUT2D eigenvalue weighted by molar-refractivity contribution is 0.210. The average Bonchev–Trinajstić information content (AvgIpc) is 2.06. The van der Waals surface area contributed by atoms with Crippen molar-refractivity contribution in [2.45, 2.75) is 33.2 Å². The molecule has 1 aliphatic heterocycles. The second-order valence-electron chi connectivity index (χ2n) is 4.10. The molecule has 0 amide bonds. The summed E-state index contributed by atoms with van der Waals surface area (Å²) in [6.07, 6.45) is 1.29. The third-order valence-corrected chi connectivity index (χ3v) is 2.71. The van der Waals surface area contributed by atoms with Crippen LogP contribution in [0.5, 0.6) is 0 Å². The van der Waals surface area contributed by atoms with Gasteiger partial charge in [-0.2, -0.15) is 0 Å². The predicted molar refractivity (Wildman–Crippen MR) is 53.4 cm³/mol. The van der Waals surface area contributed by atoms with Gasteiger partial charge in [-0.25, -0.2) is 0 Å². The van der Waals surface area contributed by atoms with Gasteiger partial charge in [0, 0.05) is 12.6 Å². The molecular formula is C10H22N2. The van der Waals surface area contributed by atoms with Crippen molar-refractivity contribution in [3.05, 3.63) is 0 Å². The standard InChI is InChI=1S/C10H22N2/c1-4-12-6-5-10(3)11-7-9(2)8-12/h9-11H,4-8H2,1-3H3. The van der Waals surface area contributed by atoms with E-state index in [4.69, 9.17) is 0 Å². The van der Waals surface area contributed by atoms with Crippen molar-refractivity contribution in [2.24, 2.45) is 5.92 Å². The van der Waals surface area contributed by atoms with Crippen LogP contribution in [0.25, 0.3) is 0 Å². The van der Waals surface area contributed by atoms with E-state index in [1.807, 2.05) is 0 Å². The fourth-order valence-electron chi connectivity index (χ4n) is 1.76. The van der Waals surface area contributed by atoms with Crippen LogP contribution >= 0.6 is 0 Å². The van der Waals surface area contributed by atoms with Crippen molar-refractivity contribution < 1.29 is 0 Å². The Kier molecular flexibility index (Phi) is 4.02. The van der Waals surface area contributed by atoms with Crippen molar-refractivity contribution in [1.29, 1.82) is 0 Å². The Labute approximate surface area is 76.3 Å². The Morgan fingerprint density at radius 1 is 1.42 bits per heavy atom. The maximum Gasteiger partial charge on any atom is 0.00510 e. The first kappa shape index (κ1) is 10.0. The zero-order valence-electron chi connectivity index (χ0n) is 8.64. The molecule has 1 N–H and O–H groups in total. The second-order valence-corrected chi connectivity index (χ2v) is 4.10. The van der Waals surface area contributed by atoms with Crippen LogP contribution in [-0.4, -0.2) is 37.1 Å². The summed E-state index contributed by atoms with van der Waals surface area (Å²) in [6, 6.07) is 0.696. The highest BCUT2D eigenvalue weighted by Gasteiger charge is 2.14. The van der Waals surface area contributed by atoms with E-state index in [1.54, 1.807) is 0 Å². The first-order chi connectivity index (χ1) is 5.72. The summed E-state index contributed by atoms with van der Waals surface area (Å²) in [5, 5.41) is 3.55. The Bertz CT molecular complexity index is 125. The average molecular weight is 170 g/mol. The number of hydrogen-bond acceptors (Lipinski definition) is 2. The third kappa shape index (κ3) is 3.11. The lowest BCUT2D eigenvalue weighted by Crippen LogP contribution is -2.42. The highest BCUT2D eigenvalue weighted by molar-refractivity contribution is 4.72. The van der Waals surface area contributed by atoms with Crippen LogP contribution in [0, 0.1) is 5.92 Å². The van der Waals surface area contributed by atoms with E-state index in [0.29, 0.717) is 6.04 Å². The normalized spacial score (nSPS) is 34.2. The Hall–Kier alpha value is -0.0800. The number of nitrogens with one attached hydrogen (secondary N) is 1. The molecule has 0 aromatic rings. The maximum absolute atomic E-state index is 3.55. The molecule has 1 fully saturated rings. The zero-order chi connectivity index (χ0) is 8.97. The van der Waals surface area contributed by atoms with Gasteiger partial charge in [-0.15, -0.1) is 0 Å². The molecule has 0 saturated carbocycles. The predicted octanol–water partition coefficient (Wildman–Crippen LogP) is 1.33. The number of nitrogens with zero attached hydrogens (tertiary/aromatic N) is 1. The van der Waals surface area contributed by atoms with Crippen molar-refractivity contribution >= 4 is 0 Å². The van der Waals surface area contributed by atoms with E-state index < -0.39 is 0 Å². The van der Waals surface area contributed by atoms with Crippen molar-refractivity contribution in [2.75, 3.05) is 26.2 Å². The minimum absolute atomic E-state index is 0.696. The molecule has 12 heavy (non-hydrogen) atoms. The van der Waals surface area contributed by atoms with Crippen LogP contribution in [0.2, 0.25) is 0 Å². The molecule has 2 nitrogen and oxygen atoms in total. The molecule has 72 valence electrons. The third-order valence-electron chi connectivity index (χ3n) is 2.71. The molecule has 0 aromatic carbocycles. The quantitative estimate of drug-likeness (QED) is 0.638. The minimum atomic E-state index is 0.696. The summed E-state index contributed by atoms with van der Waals surface area (Å²) in [5.41, 5.74) is 0. The van der Waals surface area contributed by atoms with Gasteiger partial charge in [-0.1, -0.05) is 13.8 Å². The highest BCUT2D eigenvalue weighted by atomic mass is 15.1. The summed E-state index contributed by atoms with van der Waals surface area (Å²) in [4.78, 5) is 2.56. The molecule has 1 saturated heterocycles. The smallest absolute Gasteiger partial charge is 0.00510 e. The van der Waals surface area contributed by atoms with E-state index in [0.717, 1.165) is 5.92 Å².